The Kier molecular flexibility index (Phi) is 4.96. The number of rotatable bonds is 5. The minimum absolute atomic E-state index is 0.134. The Labute approximate surface area is 176 Å². The lowest BCUT2D eigenvalue weighted by molar-refractivity contribution is -0.385. The van der Waals surface area contributed by atoms with Gasteiger partial charge < -0.3 is 0 Å². The number of nitro benzene ring substituents is 1. The molecule has 10 heteroatoms. The van der Waals surface area contributed by atoms with Crippen LogP contribution in [0.4, 0.5) is 11.4 Å². The largest absolute Gasteiger partial charge is 0.279 e. The molecule has 0 saturated carbocycles. The Morgan fingerprint density at radius 1 is 1.10 bits per heavy atom. The van der Waals surface area contributed by atoms with Crippen molar-refractivity contribution in [3.8, 4) is 10.6 Å². The molecule has 0 bridgehead atoms. The Bertz CT molecular complexity index is 1360. The van der Waals surface area contributed by atoms with E-state index in [2.05, 4.69) is 14.7 Å². The zero-order valence-corrected chi connectivity index (χ0v) is 17.6. The number of nitrogens with one attached hydrogen (secondary N) is 1. The molecule has 30 heavy (non-hydrogen) atoms. The minimum Gasteiger partial charge on any atom is -0.279 e. The van der Waals surface area contributed by atoms with E-state index in [-0.39, 0.29) is 10.6 Å². The fourth-order valence-corrected chi connectivity index (χ4v) is 5.43. The van der Waals surface area contributed by atoms with Crippen LogP contribution in [0.5, 0.6) is 0 Å². The van der Waals surface area contributed by atoms with Crippen LogP contribution in [-0.2, 0) is 10.0 Å². The van der Waals surface area contributed by atoms with E-state index in [4.69, 9.17) is 0 Å². The second-order valence-corrected chi connectivity index (χ2v) is 9.27. The standard InChI is InChI=1S/C20H16N4O4S2/c1-12-8-9-14(24(25)26)11-18(12)30(27,28)23-16-6-3-5-15(13(16)2)19-22-17-7-4-10-21-20(17)29-19/h3-11,23H,1-2H3. The van der Waals surface area contributed by atoms with Gasteiger partial charge in [-0.2, -0.15) is 0 Å². The number of aromatic nitrogens is 2. The summed E-state index contributed by atoms with van der Waals surface area (Å²) in [5.74, 6) is 0. The number of aryl methyl sites for hydroxylation is 1. The van der Waals surface area contributed by atoms with Crippen LogP contribution in [0.1, 0.15) is 11.1 Å². The summed E-state index contributed by atoms with van der Waals surface area (Å²) in [6, 6.07) is 12.7. The van der Waals surface area contributed by atoms with Gasteiger partial charge >= 0.3 is 0 Å². The Morgan fingerprint density at radius 2 is 1.90 bits per heavy atom. The van der Waals surface area contributed by atoms with E-state index in [1.165, 1.54) is 23.5 Å². The van der Waals surface area contributed by atoms with Crippen LogP contribution in [0.2, 0.25) is 0 Å². The fourth-order valence-electron chi connectivity index (χ4n) is 3.05. The van der Waals surface area contributed by atoms with Gasteiger partial charge in [0.25, 0.3) is 15.7 Å². The number of benzene rings is 2. The van der Waals surface area contributed by atoms with E-state index >= 15 is 0 Å². The number of pyridine rings is 1. The van der Waals surface area contributed by atoms with Crippen LogP contribution in [0.25, 0.3) is 20.9 Å². The van der Waals surface area contributed by atoms with E-state index in [0.717, 1.165) is 27.0 Å². The molecule has 2 aromatic heterocycles. The first-order chi connectivity index (χ1) is 14.3. The SMILES string of the molecule is Cc1ccc([N+](=O)[O-])cc1S(=O)(=O)Nc1cccc(-c2nc3cccnc3s2)c1C. The number of thiazole rings is 1. The number of nitro groups is 1. The smallest absolute Gasteiger partial charge is 0.270 e. The van der Waals surface area contributed by atoms with Gasteiger partial charge in [0.15, 0.2) is 0 Å². The highest BCUT2D eigenvalue weighted by Gasteiger charge is 2.22. The van der Waals surface area contributed by atoms with Gasteiger partial charge in [-0.25, -0.2) is 18.4 Å². The molecule has 0 amide bonds. The maximum absolute atomic E-state index is 13.0. The maximum atomic E-state index is 13.0. The van der Waals surface area contributed by atoms with Crippen molar-refractivity contribution in [3.63, 3.8) is 0 Å². The summed E-state index contributed by atoms with van der Waals surface area (Å²) in [4.78, 5) is 20.0. The lowest BCUT2D eigenvalue weighted by Gasteiger charge is -2.14. The molecule has 2 aromatic carbocycles. The predicted molar refractivity (Wildman–Crippen MR) is 116 cm³/mol. The van der Waals surface area contributed by atoms with Crippen molar-refractivity contribution >= 4 is 43.1 Å². The summed E-state index contributed by atoms with van der Waals surface area (Å²) in [6.07, 6.45) is 1.70. The van der Waals surface area contributed by atoms with Crippen LogP contribution in [0.15, 0.2) is 59.6 Å². The quantitative estimate of drug-likeness (QED) is 0.356. The van der Waals surface area contributed by atoms with Crippen LogP contribution in [0.3, 0.4) is 0 Å². The van der Waals surface area contributed by atoms with Crippen molar-refractivity contribution < 1.29 is 13.3 Å². The molecule has 0 spiro atoms. The number of hydrogen-bond acceptors (Lipinski definition) is 7. The number of non-ortho nitro benzene ring substituents is 1. The second-order valence-electron chi connectivity index (χ2n) is 6.64. The van der Waals surface area contributed by atoms with Crippen molar-refractivity contribution in [3.05, 3.63) is 76.0 Å². The molecule has 0 fully saturated rings. The van der Waals surface area contributed by atoms with Crippen molar-refractivity contribution in [2.24, 2.45) is 0 Å². The highest BCUT2D eigenvalue weighted by Crippen LogP contribution is 2.34. The summed E-state index contributed by atoms with van der Waals surface area (Å²) >= 11 is 1.42. The fraction of sp³-hybridized carbons (Fsp3) is 0.100. The van der Waals surface area contributed by atoms with Crippen molar-refractivity contribution in [1.82, 2.24) is 9.97 Å². The molecule has 0 aliphatic rings. The van der Waals surface area contributed by atoms with Gasteiger partial charge in [-0.1, -0.05) is 29.5 Å². The molecule has 1 N–H and O–H groups in total. The number of hydrogen-bond donors (Lipinski definition) is 1. The van der Waals surface area contributed by atoms with E-state index in [9.17, 15) is 18.5 Å². The molecule has 2 heterocycles. The topological polar surface area (TPSA) is 115 Å². The van der Waals surface area contributed by atoms with Gasteiger partial charge in [-0.15, -0.1) is 0 Å². The Hall–Kier alpha value is -3.37. The van der Waals surface area contributed by atoms with Crippen LogP contribution in [-0.4, -0.2) is 23.3 Å². The molecular weight excluding hydrogens is 424 g/mol. The molecule has 8 nitrogen and oxygen atoms in total. The minimum atomic E-state index is -4.03. The first-order valence-electron chi connectivity index (χ1n) is 8.85. The van der Waals surface area contributed by atoms with Crippen molar-refractivity contribution in [2.75, 3.05) is 4.72 Å². The van der Waals surface area contributed by atoms with E-state index in [0.29, 0.717) is 16.8 Å². The number of fused-ring (bicyclic) bond motifs is 1. The van der Waals surface area contributed by atoms with Crippen LogP contribution >= 0.6 is 11.3 Å². The van der Waals surface area contributed by atoms with Crippen molar-refractivity contribution in [1.29, 1.82) is 0 Å². The lowest BCUT2D eigenvalue weighted by atomic mass is 10.1. The average Bonchev–Trinajstić information content (AvgIpc) is 3.13. The summed E-state index contributed by atoms with van der Waals surface area (Å²) in [7, 11) is -4.03. The monoisotopic (exact) mass is 440 g/mol. The summed E-state index contributed by atoms with van der Waals surface area (Å²) in [5, 5.41) is 11.8. The van der Waals surface area contributed by atoms with Crippen LogP contribution in [0, 0.1) is 24.0 Å². The number of nitrogens with zero attached hydrogens (tertiary/aromatic N) is 3. The molecule has 4 aromatic rings. The summed E-state index contributed by atoms with van der Waals surface area (Å²) in [6.45, 7) is 3.39. The maximum Gasteiger partial charge on any atom is 0.270 e. The molecule has 0 aliphatic carbocycles. The van der Waals surface area contributed by atoms with Crippen LogP contribution < -0.4 is 4.72 Å². The number of sulfonamides is 1. The zero-order valence-electron chi connectivity index (χ0n) is 16.0. The Balaban J connectivity index is 1.75. The summed E-state index contributed by atoms with van der Waals surface area (Å²) < 4.78 is 28.5. The molecule has 0 saturated heterocycles. The predicted octanol–water partition coefficient (Wildman–Crippen LogP) is 4.68. The average molecular weight is 441 g/mol. The third kappa shape index (κ3) is 3.62. The normalized spacial score (nSPS) is 11.5. The third-order valence-electron chi connectivity index (χ3n) is 4.65. The van der Waals surface area contributed by atoms with Gasteiger partial charge in [0.2, 0.25) is 0 Å². The highest BCUT2D eigenvalue weighted by atomic mass is 32.2. The lowest BCUT2D eigenvalue weighted by Crippen LogP contribution is -2.15. The van der Waals surface area contributed by atoms with Gasteiger partial charge in [-0.05, 0) is 43.2 Å². The van der Waals surface area contributed by atoms with Crippen molar-refractivity contribution in [2.45, 2.75) is 18.7 Å². The molecule has 4 rings (SSSR count). The van der Waals surface area contributed by atoms with Gasteiger partial charge in [-0.3, -0.25) is 14.8 Å². The van der Waals surface area contributed by atoms with E-state index in [1.54, 1.807) is 32.2 Å². The molecule has 152 valence electrons. The zero-order chi connectivity index (χ0) is 21.5. The molecule has 0 radical (unpaired) electrons. The number of anilines is 1. The highest BCUT2D eigenvalue weighted by molar-refractivity contribution is 7.92. The summed E-state index contributed by atoms with van der Waals surface area (Å²) in [5.41, 5.74) is 2.77. The molecule has 0 atom stereocenters. The molecule has 0 unspecified atom stereocenters. The second kappa shape index (κ2) is 7.47. The third-order valence-corrected chi connectivity index (χ3v) is 7.17. The first-order valence-corrected chi connectivity index (χ1v) is 11.2. The van der Waals surface area contributed by atoms with Gasteiger partial charge in [0.05, 0.1) is 15.5 Å². The molecule has 0 aliphatic heterocycles. The van der Waals surface area contributed by atoms with E-state index < -0.39 is 14.9 Å². The van der Waals surface area contributed by atoms with Gasteiger partial charge in [0, 0.05) is 23.9 Å². The van der Waals surface area contributed by atoms with E-state index in [1.807, 2.05) is 18.2 Å². The van der Waals surface area contributed by atoms with Gasteiger partial charge in [0.1, 0.15) is 15.4 Å². The Morgan fingerprint density at radius 3 is 2.63 bits per heavy atom. The first kappa shape index (κ1) is 19.9. The molecular formula is C20H16N4O4S2.